The Morgan fingerprint density at radius 2 is 1.93 bits per heavy atom. The van der Waals surface area contributed by atoms with E-state index in [1.165, 1.54) is 0 Å². The van der Waals surface area contributed by atoms with Crippen molar-refractivity contribution in [1.29, 1.82) is 0 Å². The average molecular weight is 432 g/mol. The van der Waals surface area contributed by atoms with Gasteiger partial charge in [0.25, 0.3) is 6.29 Å². The van der Waals surface area contributed by atoms with Gasteiger partial charge in [-0.2, -0.15) is 0 Å². The third-order valence-corrected chi connectivity index (χ3v) is 4.98. The fourth-order valence-electron chi connectivity index (χ4n) is 2.98. The molecule has 0 bridgehead atoms. The molecule has 1 heterocycles. The van der Waals surface area contributed by atoms with Crippen LogP contribution in [0.4, 0.5) is 0 Å². The Balaban J connectivity index is 0.00000392. The van der Waals surface area contributed by atoms with Crippen molar-refractivity contribution in [3.05, 3.63) is 38.7 Å². The number of hydrogen-bond acceptors (Lipinski definition) is 6. The largest absolute Gasteiger partial charge is 0.456 e. The van der Waals surface area contributed by atoms with Crippen molar-refractivity contribution in [2.24, 2.45) is 0 Å². The van der Waals surface area contributed by atoms with Crippen LogP contribution in [0, 0.1) is 6.92 Å². The van der Waals surface area contributed by atoms with Gasteiger partial charge in [0.1, 0.15) is 10.8 Å². The van der Waals surface area contributed by atoms with Crippen LogP contribution in [0.2, 0.25) is 5.02 Å². The molecule has 1 atom stereocenters. The highest BCUT2D eigenvalue weighted by Gasteiger charge is 2.19. The van der Waals surface area contributed by atoms with Crippen LogP contribution in [0.3, 0.4) is 0 Å². The number of carbonyl (C=O) groups is 1. The molecular weight excluding hydrogens is 405 g/mol. The van der Waals surface area contributed by atoms with Gasteiger partial charge in [0.05, 0.1) is 0 Å². The van der Waals surface area contributed by atoms with E-state index in [0.29, 0.717) is 24.9 Å². The van der Waals surface area contributed by atoms with Gasteiger partial charge in [-0.15, -0.1) is 12.4 Å². The molecule has 0 fully saturated rings. The van der Waals surface area contributed by atoms with Crippen molar-refractivity contribution < 1.29 is 18.7 Å². The lowest BCUT2D eigenvalue weighted by Gasteiger charge is -2.18. The Hall–Kier alpha value is -1.60. The molecule has 2 aromatic rings. The minimum absolute atomic E-state index is 0. The average Bonchev–Trinajstić information content (AvgIpc) is 2.66. The Labute approximate surface area is 176 Å². The summed E-state index contributed by atoms with van der Waals surface area (Å²) in [5.41, 5.74) is 1.35. The number of aldehydes is 1. The van der Waals surface area contributed by atoms with Crippen molar-refractivity contribution in [3.63, 3.8) is 0 Å². The van der Waals surface area contributed by atoms with Gasteiger partial charge in [0.2, 0.25) is 0 Å². The zero-order valence-electron chi connectivity index (χ0n) is 16.6. The van der Waals surface area contributed by atoms with Crippen molar-refractivity contribution in [3.8, 4) is 5.75 Å². The molecule has 0 aliphatic carbocycles. The predicted octanol–water partition coefficient (Wildman–Crippen LogP) is 4.00. The molecule has 8 heteroatoms. The number of nitrogens with zero attached hydrogens (tertiary/aromatic N) is 1. The second kappa shape index (κ2) is 11.4. The van der Waals surface area contributed by atoms with E-state index in [-0.39, 0.29) is 28.8 Å². The molecule has 1 unspecified atom stereocenters. The topological polar surface area (TPSA) is 69.0 Å². The van der Waals surface area contributed by atoms with Crippen LogP contribution in [0.15, 0.2) is 21.3 Å². The van der Waals surface area contributed by atoms with E-state index in [2.05, 4.69) is 18.7 Å². The Morgan fingerprint density at radius 1 is 1.25 bits per heavy atom. The highest BCUT2D eigenvalue weighted by atomic mass is 35.5. The van der Waals surface area contributed by atoms with Gasteiger partial charge in [-0.1, -0.05) is 25.4 Å². The molecule has 28 heavy (non-hydrogen) atoms. The van der Waals surface area contributed by atoms with Gasteiger partial charge in [0, 0.05) is 24.1 Å². The van der Waals surface area contributed by atoms with E-state index >= 15 is 0 Å². The maximum absolute atomic E-state index is 12.5. The molecule has 0 aliphatic heterocycles. The lowest BCUT2D eigenvalue weighted by molar-refractivity contribution is -0.136. The van der Waals surface area contributed by atoms with Gasteiger partial charge in [-0.3, -0.25) is 4.79 Å². The number of halogens is 2. The van der Waals surface area contributed by atoms with Gasteiger partial charge in [-0.25, -0.2) is 4.79 Å². The second-order valence-electron chi connectivity index (χ2n) is 6.10. The number of fused-ring (bicyclic) bond motifs is 1. The van der Waals surface area contributed by atoms with Crippen LogP contribution in [0.25, 0.3) is 11.0 Å². The molecular formula is C20H27Cl2NO5. The molecule has 6 nitrogen and oxygen atoms in total. The first-order chi connectivity index (χ1) is 13.0. The molecule has 0 N–H and O–H groups in total. The zero-order valence-corrected chi connectivity index (χ0v) is 18.2. The van der Waals surface area contributed by atoms with E-state index in [1.807, 2.05) is 6.92 Å². The lowest BCUT2D eigenvalue weighted by atomic mass is 10.0. The molecule has 1 aromatic heterocycles. The first-order valence-corrected chi connectivity index (χ1v) is 9.55. The van der Waals surface area contributed by atoms with E-state index in [0.717, 1.165) is 30.6 Å². The molecule has 2 rings (SSSR count). The van der Waals surface area contributed by atoms with Crippen LogP contribution in [0.5, 0.6) is 5.75 Å². The number of hydrogen-bond donors (Lipinski definition) is 0. The maximum Gasteiger partial charge on any atom is 0.339 e. The fraction of sp³-hybridized carbons (Fsp3) is 0.500. The smallest absolute Gasteiger partial charge is 0.339 e. The van der Waals surface area contributed by atoms with E-state index < -0.39 is 11.9 Å². The molecule has 0 radical (unpaired) electrons. The highest BCUT2D eigenvalue weighted by Crippen LogP contribution is 2.34. The van der Waals surface area contributed by atoms with Crippen molar-refractivity contribution in [1.82, 2.24) is 4.90 Å². The molecule has 156 valence electrons. The molecule has 1 aromatic carbocycles. The molecule has 0 saturated carbocycles. The molecule has 0 aliphatic rings. The number of benzene rings is 1. The van der Waals surface area contributed by atoms with E-state index in [9.17, 15) is 9.59 Å². The molecule has 0 spiro atoms. The SMILES string of the molecule is CCOC(C=O)Oc1ccc2c(C)c(CCN(CC)CC)c(=O)oc2c1Cl.Cl. The third kappa shape index (κ3) is 5.47. The predicted molar refractivity (Wildman–Crippen MR) is 113 cm³/mol. The van der Waals surface area contributed by atoms with E-state index in [4.69, 9.17) is 25.5 Å². The van der Waals surface area contributed by atoms with E-state index in [1.54, 1.807) is 19.1 Å². The molecule has 0 amide bonds. The summed E-state index contributed by atoms with van der Waals surface area (Å²) in [6.45, 7) is 10.8. The Kier molecular flexibility index (Phi) is 9.96. The lowest BCUT2D eigenvalue weighted by Crippen LogP contribution is -2.27. The monoisotopic (exact) mass is 431 g/mol. The quantitative estimate of drug-likeness (QED) is 0.321. The maximum atomic E-state index is 12.5. The fourth-order valence-corrected chi connectivity index (χ4v) is 3.23. The number of carbonyl (C=O) groups excluding carboxylic acids is 1. The van der Waals surface area contributed by atoms with Gasteiger partial charge < -0.3 is 18.8 Å². The first-order valence-electron chi connectivity index (χ1n) is 9.17. The summed E-state index contributed by atoms with van der Waals surface area (Å²) in [6.07, 6.45) is 0.0900. The van der Waals surface area contributed by atoms with Gasteiger partial charge >= 0.3 is 5.63 Å². The number of ether oxygens (including phenoxy) is 2. The van der Waals surface area contributed by atoms with Gasteiger partial charge in [-0.05, 0) is 51.1 Å². The summed E-state index contributed by atoms with van der Waals surface area (Å²) in [5, 5.41) is 0.898. The summed E-state index contributed by atoms with van der Waals surface area (Å²) in [6, 6.07) is 3.44. The Bertz CT molecular complexity index is 849. The van der Waals surface area contributed by atoms with Crippen LogP contribution < -0.4 is 10.4 Å². The van der Waals surface area contributed by atoms with Crippen molar-refractivity contribution >= 4 is 41.3 Å². The van der Waals surface area contributed by atoms with Gasteiger partial charge in [0.15, 0.2) is 11.9 Å². The number of aryl methyl sites for hydroxylation is 1. The zero-order chi connectivity index (χ0) is 20.0. The summed E-state index contributed by atoms with van der Waals surface area (Å²) in [5.74, 6) is 0.230. The van der Waals surface area contributed by atoms with Crippen LogP contribution in [0.1, 0.15) is 31.9 Å². The summed E-state index contributed by atoms with van der Waals surface area (Å²) >= 11 is 6.37. The molecule has 0 saturated heterocycles. The van der Waals surface area contributed by atoms with Crippen molar-refractivity contribution in [2.45, 2.75) is 40.4 Å². The first kappa shape index (κ1) is 24.4. The van der Waals surface area contributed by atoms with Crippen LogP contribution >= 0.6 is 24.0 Å². The minimum atomic E-state index is -1.06. The number of rotatable bonds is 10. The van der Waals surface area contributed by atoms with Crippen LogP contribution in [-0.4, -0.2) is 43.7 Å². The van der Waals surface area contributed by atoms with Crippen LogP contribution in [-0.2, 0) is 16.0 Å². The second-order valence-corrected chi connectivity index (χ2v) is 6.48. The summed E-state index contributed by atoms with van der Waals surface area (Å²) in [4.78, 5) is 25.8. The number of likely N-dealkylation sites (N-methyl/N-ethyl adjacent to an activating group) is 1. The standard InChI is InChI=1S/C20H26ClNO5.ClH/c1-5-22(6-2)11-10-15-13(4)14-8-9-16(26-17(12-23)25-7-3)18(21)19(14)27-20(15)24;/h8-9,12,17H,5-7,10-11H2,1-4H3;1H. The van der Waals surface area contributed by atoms with Crippen molar-refractivity contribution in [2.75, 3.05) is 26.2 Å². The Morgan fingerprint density at radius 3 is 2.50 bits per heavy atom. The third-order valence-electron chi connectivity index (χ3n) is 4.62. The highest BCUT2D eigenvalue weighted by molar-refractivity contribution is 6.36. The summed E-state index contributed by atoms with van der Waals surface area (Å²) in [7, 11) is 0. The minimum Gasteiger partial charge on any atom is -0.456 e. The summed E-state index contributed by atoms with van der Waals surface area (Å²) < 4.78 is 16.1. The normalized spacial score (nSPS) is 12.1.